The zero-order valence-corrected chi connectivity index (χ0v) is 10.3. The van der Waals surface area contributed by atoms with E-state index < -0.39 is 5.69 Å². The van der Waals surface area contributed by atoms with E-state index in [1.54, 1.807) is 0 Å². The third kappa shape index (κ3) is 2.24. The fraction of sp³-hybridized carbons (Fsp3) is 0.286. The molecule has 1 aliphatic rings. The molecule has 0 saturated carbocycles. The van der Waals surface area contributed by atoms with E-state index >= 15 is 0 Å². The summed E-state index contributed by atoms with van der Waals surface area (Å²) in [5.74, 6) is 0. The molecule has 0 saturated heterocycles. The predicted molar refractivity (Wildman–Crippen MR) is 70.2 cm³/mol. The van der Waals surface area contributed by atoms with Crippen molar-refractivity contribution < 1.29 is 4.74 Å². The van der Waals surface area contributed by atoms with E-state index in [1.165, 1.54) is 22.4 Å². The molecule has 0 fully saturated rings. The van der Waals surface area contributed by atoms with Gasteiger partial charge in [0.15, 0.2) is 0 Å². The van der Waals surface area contributed by atoms with Gasteiger partial charge >= 0.3 is 5.69 Å². The maximum absolute atomic E-state index is 11.7. The van der Waals surface area contributed by atoms with Gasteiger partial charge in [0.05, 0.1) is 13.2 Å². The Hall–Kier alpha value is -2.14. The fourth-order valence-electron chi connectivity index (χ4n) is 2.42. The Balaban J connectivity index is 1.98. The molecule has 2 heterocycles. The molecule has 0 spiro atoms. The lowest BCUT2D eigenvalue weighted by Crippen LogP contribution is -2.37. The predicted octanol–water partition coefficient (Wildman–Crippen LogP) is 0.851. The van der Waals surface area contributed by atoms with Crippen LogP contribution < -0.4 is 11.2 Å². The normalized spacial score (nSPS) is 18.0. The summed E-state index contributed by atoms with van der Waals surface area (Å²) in [6, 6.07) is 9.32. The van der Waals surface area contributed by atoms with Gasteiger partial charge in [-0.3, -0.25) is 9.36 Å². The van der Waals surface area contributed by atoms with E-state index in [2.05, 4.69) is 11.1 Å². The van der Waals surface area contributed by atoms with E-state index in [0.29, 0.717) is 6.61 Å². The van der Waals surface area contributed by atoms with Crippen molar-refractivity contribution >= 4 is 0 Å². The molecule has 1 N–H and O–H groups in total. The zero-order chi connectivity index (χ0) is 13.2. The quantitative estimate of drug-likeness (QED) is 0.868. The van der Waals surface area contributed by atoms with E-state index in [9.17, 15) is 9.59 Å². The monoisotopic (exact) mass is 258 g/mol. The van der Waals surface area contributed by atoms with Gasteiger partial charge in [-0.15, -0.1) is 0 Å². The first-order valence-electron chi connectivity index (χ1n) is 6.23. The second-order valence-corrected chi connectivity index (χ2v) is 4.54. The first-order chi connectivity index (χ1) is 9.25. The molecule has 5 nitrogen and oxygen atoms in total. The average Bonchev–Trinajstić information content (AvgIpc) is 2.43. The van der Waals surface area contributed by atoms with Gasteiger partial charge in [0.2, 0.25) is 0 Å². The lowest BCUT2D eigenvalue weighted by Gasteiger charge is -2.26. The number of ether oxygens (including phenoxy) is 1. The highest BCUT2D eigenvalue weighted by Gasteiger charge is 2.21. The maximum atomic E-state index is 11.7. The minimum atomic E-state index is -0.404. The van der Waals surface area contributed by atoms with Crippen molar-refractivity contribution in [2.75, 3.05) is 6.61 Å². The number of hydrogen-bond donors (Lipinski definition) is 1. The SMILES string of the molecule is O=c1cc[nH]c(=O)n1CC1OCCc2ccccc21. The summed E-state index contributed by atoms with van der Waals surface area (Å²) in [5, 5.41) is 0. The van der Waals surface area contributed by atoms with Gasteiger partial charge in [-0.2, -0.15) is 0 Å². The summed E-state index contributed by atoms with van der Waals surface area (Å²) in [6.45, 7) is 0.854. The molecule has 1 aromatic carbocycles. The fourth-order valence-corrected chi connectivity index (χ4v) is 2.42. The topological polar surface area (TPSA) is 64.1 Å². The number of fused-ring (bicyclic) bond motifs is 1. The number of benzene rings is 1. The van der Waals surface area contributed by atoms with Crippen molar-refractivity contribution in [2.24, 2.45) is 0 Å². The van der Waals surface area contributed by atoms with Crippen LogP contribution in [0.4, 0.5) is 0 Å². The molecule has 0 aliphatic carbocycles. The minimum absolute atomic E-state index is 0.242. The third-order valence-corrected chi connectivity index (χ3v) is 3.38. The number of nitrogens with one attached hydrogen (secondary N) is 1. The largest absolute Gasteiger partial charge is 0.371 e. The van der Waals surface area contributed by atoms with Crippen molar-refractivity contribution in [2.45, 2.75) is 19.1 Å². The van der Waals surface area contributed by atoms with Crippen molar-refractivity contribution in [3.63, 3.8) is 0 Å². The minimum Gasteiger partial charge on any atom is -0.371 e. The smallest absolute Gasteiger partial charge is 0.328 e. The van der Waals surface area contributed by atoms with Crippen LogP contribution in [0.1, 0.15) is 17.2 Å². The van der Waals surface area contributed by atoms with Crippen molar-refractivity contribution in [1.29, 1.82) is 0 Å². The number of H-pyrrole nitrogens is 1. The molecule has 0 radical (unpaired) electrons. The summed E-state index contributed by atoms with van der Waals surface area (Å²) in [5.41, 5.74) is 1.57. The van der Waals surface area contributed by atoms with E-state index in [1.807, 2.05) is 18.2 Å². The number of rotatable bonds is 2. The molecule has 1 atom stereocenters. The molecule has 0 amide bonds. The van der Waals surface area contributed by atoms with Crippen LogP contribution >= 0.6 is 0 Å². The number of nitrogens with zero attached hydrogens (tertiary/aromatic N) is 1. The number of hydrogen-bond acceptors (Lipinski definition) is 3. The molecule has 0 bridgehead atoms. The standard InChI is InChI=1S/C14H14N2O3/c17-13-5-7-15-14(18)16(13)9-12-11-4-2-1-3-10(11)6-8-19-12/h1-5,7,12H,6,8-9H2,(H,15,18). The van der Waals surface area contributed by atoms with Crippen LogP contribution in [0, 0.1) is 0 Å². The van der Waals surface area contributed by atoms with E-state index in [-0.39, 0.29) is 18.2 Å². The maximum Gasteiger partial charge on any atom is 0.328 e. The van der Waals surface area contributed by atoms with Crippen LogP contribution in [-0.2, 0) is 17.7 Å². The van der Waals surface area contributed by atoms with Gasteiger partial charge in [0.25, 0.3) is 5.56 Å². The Morgan fingerprint density at radius 1 is 1.26 bits per heavy atom. The molecule has 98 valence electrons. The second-order valence-electron chi connectivity index (χ2n) is 4.54. The Labute approximate surface area is 109 Å². The van der Waals surface area contributed by atoms with Crippen molar-refractivity contribution in [1.82, 2.24) is 9.55 Å². The molecule has 3 rings (SSSR count). The van der Waals surface area contributed by atoms with Gasteiger partial charge in [-0.25, -0.2) is 4.79 Å². The lowest BCUT2D eigenvalue weighted by atomic mass is 9.97. The average molecular weight is 258 g/mol. The summed E-state index contributed by atoms with van der Waals surface area (Å²) < 4.78 is 6.88. The number of aromatic nitrogens is 2. The van der Waals surface area contributed by atoms with Crippen LogP contribution in [0.15, 0.2) is 46.1 Å². The van der Waals surface area contributed by atoms with Gasteiger partial charge in [0.1, 0.15) is 6.10 Å². The molecular weight excluding hydrogens is 244 g/mol. The highest BCUT2D eigenvalue weighted by atomic mass is 16.5. The van der Waals surface area contributed by atoms with E-state index in [0.717, 1.165) is 12.0 Å². The summed E-state index contributed by atoms with van der Waals surface area (Å²) in [7, 11) is 0. The van der Waals surface area contributed by atoms with Crippen LogP contribution in [0.5, 0.6) is 0 Å². The Bertz CT molecular complexity index is 674. The summed E-state index contributed by atoms with van der Waals surface area (Å²) >= 11 is 0. The summed E-state index contributed by atoms with van der Waals surface area (Å²) in [6.07, 6.45) is 1.98. The molecule has 19 heavy (non-hydrogen) atoms. The zero-order valence-electron chi connectivity index (χ0n) is 10.3. The molecule has 1 aromatic heterocycles. The number of aromatic amines is 1. The van der Waals surface area contributed by atoms with Crippen molar-refractivity contribution in [3.05, 3.63) is 68.5 Å². The lowest BCUT2D eigenvalue weighted by molar-refractivity contribution is 0.0291. The molecular formula is C14H14N2O3. The van der Waals surface area contributed by atoms with Crippen LogP contribution in [0.3, 0.4) is 0 Å². The Kier molecular flexibility index (Phi) is 3.05. The van der Waals surface area contributed by atoms with Gasteiger partial charge in [0, 0.05) is 12.3 Å². The third-order valence-electron chi connectivity index (χ3n) is 3.38. The van der Waals surface area contributed by atoms with Gasteiger partial charge in [-0.1, -0.05) is 24.3 Å². The summed E-state index contributed by atoms with van der Waals surface area (Å²) in [4.78, 5) is 25.9. The molecule has 1 unspecified atom stereocenters. The van der Waals surface area contributed by atoms with Crippen LogP contribution in [0.25, 0.3) is 0 Å². The first-order valence-corrected chi connectivity index (χ1v) is 6.23. The Morgan fingerprint density at radius 3 is 2.95 bits per heavy atom. The molecule has 2 aromatic rings. The first kappa shape index (κ1) is 11.9. The second kappa shape index (κ2) is 4.85. The van der Waals surface area contributed by atoms with Crippen LogP contribution in [-0.4, -0.2) is 16.2 Å². The Morgan fingerprint density at radius 2 is 2.11 bits per heavy atom. The van der Waals surface area contributed by atoms with Gasteiger partial charge in [-0.05, 0) is 17.5 Å². The molecule has 5 heteroatoms. The van der Waals surface area contributed by atoms with E-state index in [4.69, 9.17) is 4.74 Å². The van der Waals surface area contributed by atoms with Crippen molar-refractivity contribution in [3.8, 4) is 0 Å². The van der Waals surface area contributed by atoms with Gasteiger partial charge < -0.3 is 9.72 Å². The highest BCUT2D eigenvalue weighted by Crippen LogP contribution is 2.27. The van der Waals surface area contributed by atoms with Crippen LogP contribution in [0.2, 0.25) is 0 Å². The highest BCUT2D eigenvalue weighted by molar-refractivity contribution is 5.30. The molecule has 1 aliphatic heterocycles.